The van der Waals surface area contributed by atoms with Crippen LogP contribution >= 0.6 is 7.17 Å². The van der Waals surface area contributed by atoms with Crippen molar-refractivity contribution in [2.75, 3.05) is 6.16 Å². The van der Waals surface area contributed by atoms with Gasteiger partial charge in [-0.15, -0.1) is 7.17 Å². The highest BCUT2D eigenvalue weighted by Gasteiger charge is 1.67. The summed E-state index contributed by atoms with van der Waals surface area (Å²) in [5.41, 5.74) is 0. The molecule has 42 valence electrons. The van der Waals surface area contributed by atoms with E-state index < -0.39 is 0 Å². The minimum atomic E-state index is 0.0466. The molecule has 0 aromatic rings. The van der Waals surface area contributed by atoms with Gasteiger partial charge < -0.3 is 0 Å². The van der Waals surface area contributed by atoms with Gasteiger partial charge in [-0.05, 0) is 12.6 Å². The van der Waals surface area contributed by atoms with E-state index in [0.29, 0.717) is 0 Å². The van der Waals surface area contributed by atoms with E-state index in [1.54, 1.807) is 0 Å². The molecule has 1 atom stereocenters. The second kappa shape index (κ2) is 4.21. The molecule has 0 aliphatic rings. The molecule has 0 nitrogen and oxygen atoms in total. The van der Waals surface area contributed by atoms with E-state index in [-0.39, 0.29) is 7.17 Å². The maximum absolute atomic E-state index is 3.96. The molecule has 0 fully saturated rings. The fourth-order valence-electron chi connectivity index (χ4n) is 0.387. The Balaban J connectivity index is 3.52. The molecule has 1 unspecified atom stereocenters. The predicted octanol–water partition coefficient (Wildman–Crippen LogP) is 2.13. The molecule has 0 aromatic carbocycles. The first-order chi connectivity index (χ1) is 3.31. The van der Waals surface area contributed by atoms with Crippen molar-refractivity contribution in [3.8, 4) is 0 Å². The van der Waals surface area contributed by atoms with Gasteiger partial charge in [0, 0.05) is 0 Å². The Hall–Kier alpha value is 0.0400. The summed E-state index contributed by atoms with van der Waals surface area (Å²) in [4.78, 5) is 0. The first kappa shape index (κ1) is 7.04. The average Bonchev–Trinajstić information content (AvgIpc) is 1.68. The zero-order valence-corrected chi connectivity index (χ0v) is 6.04. The maximum atomic E-state index is 3.96. The summed E-state index contributed by atoms with van der Waals surface area (Å²) >= 11 is 0. The summed E-state index contributed by atoms with van der Waals surface area (Å²) in [6.45, 7) is 4.35. The van der Waals surface area contributed by atoms with Crippen LogP contribution in [0, 0.1) is 0 Å². The van der Waals surface area contributed by atoms with Gasteiger partial charge >= 0.3 is 0 Å². The summed E-state index contributed by atoms with van der Waals surface area (Å²) in [5.74, 6) is 2.30. The smallest absolute Gasteiger partial charge is 0.0178 e. The van der Waals surface area contributed by atoms with Gasteiger partial charge in [0.25, 0.3) is 0 Å². The first-order valence-corrected chi connectivity index (χ1v) is 4.49. The van der Waals surface area contributed by atoms with Crippen molar-refractivity contribution in [3.63, 3.8) is 0 Å². The largest absolute Gasteiger partial charge is 0.137 e. The minimum absolute atomic E-state index is 0.0466. The summed E-state index contributed by atoms with van der Waals surface area (Å²) in [5, 5.41) is 0. The van der Waals surface area contributed by atoms with Gasteiger partial charge in [-0.25, -0.2) is 0 Å². The summed E-state index contributed by atoms with van der Waals surface area (Å²) < 4.78 is 0. The predicted molar refractivity (Wildman–Crippen MR) is 40.9 cm³/mol. The number of hydrogen-bond donors (Lipinski definition) is 0. The molecule has 0 rings (SSSR count). The fraction of sp³-hybridized carbons (Fsp3) is 0.667. The van der Waals surface area contributed by atoms with Crippen LogP contribution in [0.1, 0.15) is 20.3 Å². The van der Waals surface area contributed by atoms with Crippen LogP contribution in [0.15, 0.2) is 0 Å². The highest BCUT2D eigenvalue weighted by atomic mass is 31.1. The van der Waals surface area contributed by atoms with E-state index in [1.807, 2.05) is 0 Å². The Morgan fingerprint density at radius 2 is 2.14 bits per heavy atom. The Bertz CT molecular complexity index is 96.7. The van der Waals surface area contributed by atoms with Crippen LogP contribution in [0.5, 0.6) is 0 Å². The highest BCUT2D eigenvalue weighted by molar-refractivity contribution is 7.55. The summed E-state index contributed by atoms with van der Waals surface area (Å²) in [6, 6.07) is 0. The van der Waals surface area contributed by atoms with E-state index >= 15 is 0 Å². The molecule has 0 spiro atoms. The molecule has 0 aromatic heterocycles. The van der Waals surface area contributed by atoms with Gasteiger partial charge in [0.1, 0.15) is 0 Å². The Morgan fingerprint density at radius 1 is 1.57 bits per heavy atom. The molecule has 0 amide bonds. The molecule has 0 aliphatic carbocycles. The molecule has 0 heterocycles. The van der Waals surface area contributed by atoms with Gasteiger partial charge in [-0.3, -0.25) is 0 Å². The normalized spacial score (nSPS) is 12.0. The molecule has 0 radical (unpaired) electrons. The van der Waals surface area contributed by atoms with Crippen molar-refractivity contribution < 1.29 is 0 Å². The molecule has 1 heteroatoms. The van der Waals surface area contributed by atoms with Gasteiger partial charge in [-0.2, -0.15) is 0 Å². The van der Waals surface area contributed by atoms with Crippen LogP contribution in [-0.4, -0.2) is 18.3 Å². The number of rotatable bonds is 2. The van der Waals surface area contributed by atoms with E-state index in [0.717, 1.165) is 0 Å². The van der Waals surface area contributed by atoms with E-state index in [9.17, 15) is 0 Å². The van der Waals surface area contributed by atoms with Gasteiger partial charge in [-0.1, -0.05) is 25.9 Å². The van der Waals surface area contributed by atoms with Crippen molar-refractivity contribution in [2.24, 2.45) is 0 Å². The van der Waals surface area contributed by atoms with Crippen LogP contribution in [0.2, 0.25) is 0 Å². The summed E-state index contributed by atoms with van der Waals surface area (Å²) in [6.07, 6.45) is 6.38. The third kappa shape index (κ3) is 3.88. The van der Waals surface area contributed by atoms with Gasteiger partial charge in [0.05, 0.1) is 0 Å². The maximum Gasteiger partial charge on any atom is -0.0178 e. The lowest BCUT2D eigenvalue weighted by atomic mass is 10.6. The zero-order valence-electron chi connectivity index (χ0n) is 5.15. The quantitative estimate of drug-likeness (QED) is 0.485. The van der Waals surface area contributed by atoms with E-state index in [2.05, 4.69) is 25.9 Å². The SMILES string of the molecule is C=P(=CCC)CC. The van der Waals surface area contributed by atoms with Crippen molar-refractivity contribution in [1.29, 1.82) is 0 Å². The Morgan fingerprint density at radius 3 is 2.29 bits per heavy atom. The average molecular weight is 116 g/mol. The summed E-state index contributed by atoms with van der Waals surface area (Å²) in [7, 11) is 0.0466. The zero-order chi connectivity index (χ0) is 5.70. The van der Waals surface area contributed by atoms with Crippen LogP contribution < -0.4 is 0 Å². The standard InChI is InChI=1S/C6H13P/c1-4-6-7(3)5-2/h6H,3-5H2,1-2H3. The van der Waals surface area contributed by atoms with Crippen molar-refractivity contribution in [2.45, 2.75) is 20.3 Å². The van der Waals surface area contributed by atoms with Crippen LogP contribution in [-0.2, 0) is 0 Å². The molecular weight excluding hydrogens is 103 g/mol. The third-order valence-electron chi connectivity index (χ3n) is 0.847. The molecule has 0 aliphatic heterocycles. The van der Waals surface area contributed by atoms with Crippen molar-refractivity contribution in [1.82, 2.24) is 0 Å². The van der Waals surface area contributed by atoms with Crippen LogP contribution in [0.4, 0.5) is 0 Å². The van der Waals surface area contributed by atoms with Crippen LogP contribution in [0.25, 0.3) is 0 Å². The van der Waals surface area contributed by atoms with E-state index in [4.69, 9.17) is 0 Å². The topological polar surface area (TPSA) is 0 Å². The molecule has 0 saturated heterocycles. The minimum Gasteiger partial charge on any atom is -0.137 e. The molecule has 7 heavy (non-hydrogen) atoms. The van der Waals surface area contributed by atoms with Crippen molar-refractivity contribution in [3.05, 3.63) is 0 Å². The third-order valence-corrected chi connectivity index (χ3v) is 2.54. The molecule has 0 N–H and O–H groups in total. The van der Waals surface area contributed by atoms with Gasteiger partial charge in [0.15, 0.2) is 0 Å². The van der Waals surface area contributed by atoms with Crippen molar-refractivity contribution >= 4 is 19.3 Å². The monoisotopic (exact) mass is 116 g/mol. The number of hydrogen-bond acceptors (Lipinski definition) is 0. The lowest BCUT2D eigenvalue weighted by molar-refractivity contribution is 1.35. The van der Waals surface area contributed by atoms with Crippen LogP contribution in [0.3, 0.4) is 0 Å². The molecule has 0 bridgehead atoms. The second-order valence-corrected chi connectivity index (χ2v) is 3.67. The first-order valence-electron chi connectivity index (χ1n) is 2.71. The lowest BCUT2D eigenvalue weighted by Gasteiger charge is -1.80. The Labute approximate surface area is 46.6 Å². The molecular formula is C6H13P. The van der Waals surface area contributed by atoms with E-state index in [1.165, 1.54) is 12.6 Å². The second-order valence-electron chi connectivity index (χ2n) is 1.50. The lowest BCUT2D eigenvalue weighted by Crippen LogP contribution is -1.63. The highest BCUT2D eigenvalue weighted by Crippen LogP contribution is 2.01. The molecule has 0 saturated carbocycles. The van der Waals surface area contributed by atoms with Gasteiger partial charge in [0.2, 0.25) is 0 Å². The Kier molecular flexibility index (Phi) is 4.23. The fourth-order valence-corrected chi connectivity index (χ4v) is 1.16.